The predicted molar refractivity (Wildman–Crippen MR) is 140 cm³/mol. The summed E-state index contributed by atoms with van der Waals surface area (Å²) >= 11 is 12.3. The van der Waals surface area contributed by atoms with Crippen molar-refractivity contribution in [1.29, 1.82) is 0 Å². The smallest absolute Gasteiger partial charge is 0.323 e. The summed E-state index contributed by atoms with van der Waals surface area (Å²) in [4.78, 5) is 30.0. The van der Waals surface area contributed by atoms with Gasteiger partial charge < -0.3 is 14.0 Å². The fraction of sp³-hybridized carbons (Fsp3) is 0.370. The number of hydrogen-bond donors (Lipinski definition) is 1. The molecule has 0 aliphatic heterocycles. The minimum atomic E-state index is -0.776. The highest BCUT2D eigenvalue weighted by atomic mass is 35.5. The van der Waals surface area contributed by atoms with Crippen molar-refractivity contribution in [3.05, 3.63) is 87.9 Å². The molecule has 0 saturated carbocycles. The molecule has 7 nitrogen and oxygen atoms in total. The number of methoxy groups -OCH3 is 1. The molecule has 0 saturated heterocycles. The van der Waals surface area contributed by atoms with E-state index in [0.29, 0.717) is 23.0 Å². The normalized spacial score (nSPS) is 12.8. The first-order valence-electron chi connectivity index (χ1n) is 11.7. The summed E-state index contributed by atoms with van der Waals surface area (Å²) in [5.41, 5.74) is 2.58. The Morgan fingerprint density at radius 2 is 1.69 bits per heavy atom. The number of carbonyl (C=O) groups is 2. The van der Waals surface area contributed by atoms with Crippen molar-refractivity contribution in [3.63, 3.8) is 0 Å². The summed E-state index contributed by atoms with van der Waals surface area (Å²) in [7, 11) is 1.33. The maximum Gasteiger partial charge on any atom is 0.323 e. The van der Waals surface area contributed by atoms with Crippen molar-refractivity contribution < 1.29 is 19.1 Å². The van der Waals surface area contributed by atoms with Gasteiger partial charge >= 0.3 is 11.9 Å². The fourth-order valence-corrected chi connectivity index (χ4v) is 4.47. The molecule has 0 aliphatic carbocycles. The Morgan fingerprint density at radius 3 is 2.33 bits per heavy atom. The van der Waals surface area contributed by atoms with Crippen molar-refractivity contribution >= 4 is 35.1 Å². The second-order valence-corrected chi connectivity index (χ2v) is 9.89. The third-order valence-corrected chi connectivity index (χ3v) is 6.03. The lowest BCUT2D eigenvalue weighted by molar-refractivity contribution is -0.149. The zero-order valence-corrected chi connectivity index (χ0v) is 22.1. The van der Waals surface area contributed by atoms with Crippen LogP contribution in [0.15, 0.2) is 61.1 Å². The highest BCUT2D eigenvalue weighted by Gasteiger charge is 2.29. The van der Waals surface area contributed by atoms with Crippen LogP contribution in [0.4, 0.5) is 0 Å². The number of benzene rings is 2. The Bertz CT molecular complexity index is 1130. The van der Waals surface area contributed by atoms with Crippen LogP contribution in [0.2, 0.25) is 10.0 Å². The summed E-state index contributed by atoms with van der Waals surface area (Å²) in [6, 6.07) is 13.3. The van der Waals surface area contributed by atoms with Gasteiger partial charge in [0.1, 0.15) is 18.7 Å². The van der Waals surface area contributed by atoms with Crippen molar-refractivity contribution in [2.24, 2.45) is 5.92 Å². The molecule has 1 aromatic heterocycles. The SMILES string of the molecule is COC(=O)[C@H](Cc1cncn1Cc1cc(Cl)cc(Cl)c1)N[C@@H](CC(C)C)C(=O)OCc1ccccc1. The van der Waals surface area contributed by atoms with Gasteiger partial charge in [0.05, 0.1) is 13.4 Å². The molecule has 0 amide bonds. The van der Waals surface area contributed by atoms with E-state index in [1.165, 1.54) is 7.11 Å². The maximum absolute atomic E-state index is 13.0. The number of rotatable bonds is 12. The van der Waals surface area contributed by atoms with E-state index in [9.17, 15) is 9.59 Å². The minimum absolute atomic E-state index is 0.161. The number of nitrogens with zero attached hydrogens (tertiary/aromatic N) is 2. The molecule has 3 rings (SSSR count). The molecule has 2 atom stereocenters. The fourth-order valence-electron chi connectivity index (χ4n) is 3.90. The number of aromatic nitrogens is 2. The molecule has 36 heavy (non-hydrogen) atoms. The Labute approximate surface area is 221 Å². The summed E-state index contributed by atoms with van der Waals surface area (Å²) in [6.45, 7) is 4.65. The van der Waals surface area contributed by atoms with E-state index in [4.69, 9.17) is 32.7 Å². The lowest BCUT2D eigenvalue weighted by Crippen LogP contribution is -2.50. The van der Waals surface area contributed by atoms with E-state index in [0.717, 1.165) is 16.8 Å². The number of imidazole rings is 1. The van der Waals surface area contributed by atoms with E-state index >= 15 is 0 Å². The number of hydrogen-bond acceptors (Lipinski definition) is 6. The molecule has 0 unspecified atom stereocenters. The molecule has 2 aromatic carbocycles. The van der Waals surface area contributed by atoms with E-state index in [-0.39, 0.29) is 18.9 Å². The zero-order valence-electron chi connectivity index (χ0n) is 20.6. The van der Waals surface area contributed by atoms with Crippen molar-refractivity contribution in [2.45, 2.75) is 51.9 Å². The van der Waals surface area contributed by atoms with Crippen molar-refractivity contribution in [3.8, 4) is 0 Å². The molecular formula is C27H31Cl2N3O4. The van der Waals surface area contributed by atoms with Gasteiger partial charge in [0, 0.05) is 34.9 Å². The van der Waals surface area contributed by atoms with Gasteiger partial charge in [-0.25, -0.2) is 4.98 Å². The van der Waals surface area contributed by atoms with Gasteiger partial charge in [-0.15, -0.1) is 0 Å². The van der Waals surface area contributed by atoms with Crippen LogP contribution in [0, 0.1) is 5.92 Å². The Morgan fingerprint density at radius 1 is 1.00 bits per heavy atom. The monoisotopic (exact) mass is 531 g/mol. The largest absolute Gasteiger partial charge is 0.468 e. The van der Waals surface area contributed by atoms with Gasteiger partial charge in [-0.05, 0) is 41.7 Å². The van der Waals surface area contributed by atoms with Crippen molar-refractivity contribution in [2.75, 3.05) is 7.11 Å². The number of esters is 2. The minimum Gasteiger partial charge on any atom is -0.468 e. The number of halogens is 2. The quantitative estimate of drug-likeness (QED) is 0.328. The van der Waals surface area contributed by atoms with Crippen molar-refractivity contribution in [1.82, 2.24) is 14.9 Å². The molecule has 1 N–H and O–H groups in total. The Kier molecular flexibility index (Phi) is 10.3. The molecule has 1 heterocycles. The molecular weight excluding hydrogens is 501 g/mol. The number of ether oxygens (including phenoxy) is 2. The molecule has 0 fully saturated rings. The Balaban J connectivity index is 1.74. The highest BCUT2D eigenvalue weighted by Crippen LogP contribution is 2.20. The number of carbonyl (C=O) groups excluding carboxylic acids is 2. The summed E-state index contributed by atoms with van der Waals surface area (Å²) < 4.78 is 12.5. The van der Waals surface area contributed by atoms with Crippen LogP contribution in [-0.2, 0) is 38.6 Å². The molecule has 0 spiro atoms. The average molecular weight is 532 g/mol. The second kappa shape index (κ2) is 13.4. The van der Waals surface area contributed by atoms with Gasteiger partial charge in [0.25, 0.3) is 0 Å². The van der Waals surface area contributed by atoms with Gasteiger partial charge in [-0.3, -0.25) is 14.9 Å². The van der Waals surface area contributed by atoms with Crippen LogP contribution >= 0.6 is 23.2 Å². The highest BCUT2D eigenvalue weighted by molar-refractivity contribution is 6.34. The molecule has 192 valence electrons. The first-order chi connectivity index (χ1) is 17.2. The lowest BCUT2D eigenvalue weighted by atomic mass is 10.0. The summed E-state index contributed by atoms with van der Waals surface area (Å²) in [6.07, 6.45) is 4.14. The molecule has 0 bridgehead atoms. The maximum atomic E-state index is 13.0. The van der Waals surface area contributed by atoms with Crippen LogP contribution in [0.3, 0.4) is 0 Å². The molecule has 0 radical (unpaired) electrons. The van der Waals surface area contributed by atoms with Crippen LogP contribution in [0.5, 0.6) is 0 Å². The second-order valence-electron chi connectivity index (χ2n) is 9.01. The first-order valence-corrected chi connectivity index (χ1v) is 12.5. The van der Waals surface area contributed by atoms with E-state index in [1.807, 2.05) is 60.9 Å². The van der Waals surface area contributed by atoms with E-state index < -0.39 is 24.0 Å². The predicted octanol–water partition coefficient (Wildman–Crippen LogP) is 5.07. The van der Waals surface area contributed by atoms with Crippen LogP contribution in [0.1, 0.15) is 37.1 Å². The topological polar surface area (TPSA) is 82.5 Å². The van der Waals surface area contributed by atoms with Gasteiger partial charge in [-0.2, -0.15) is 0 Å². The van der Waals surface area contributed by atoms with Gasteiger partial charge in [-0.1, -0.05) is 67.4 Å². The lowest BCUT2D eigenvalue weighted by Gasteiger charge is -2.25. The number of nitrogens with one attached hydrogen (secondary N) is 1. The third kappa shape index (κ3) is 8.36. The van der Waals surface area contributed by atoms with Crippen LogP contribution < -0.4 is 5.32 Å². The van der Waals surface area contributed by atoms with Crippen LogP contribution in [0.25, 0.3) is 0 Å². The van der Waals surface area contributed by atoms with E-state index in [2.05, 4.69) is 10.3 Å². The third-order valence-electron chi connectivity index (χ3n) is 5.59. The molecule has 3 aromatic rings. The first kappa shape index (κ1) is 27.7. The Hall–Kier alpha value is -2.87. The zero-order chi connectivity index (χ0) is 26.1. The standard InChI is InChI=1S/C27H31Cl2N3O4/c1-18(2)9-24(27(34)36-16-19-7-5-4-6-8-19)31-25(26(33)35-3)13-23-14-30-17-32(23)15-20-10-21(28)12-22(29)11-20/h4-8,10-12,14,17-18,24-25,31H,9,13,15-16H2,1-3H3/t24-,25-/m0/s1. The van der Waals surface area contributed by atoms with Gasteiger partial charge in [0.15, 0.2) is 0 Å². The van der Waals surface area contributed by atoms with Crippen LogP contribution in [-0.4, -0.2) is 40.7 Å². The molecule has 0 aliphatic rings. The molecule has 9 heteroatoms. The summed E-state index contributed by atoms with van der Waals surface area (Å²) in [5.74, 6) is -0.690. The van der Waals surface area contributed by atoms with Gasteiger partial charge in [0.2, 0.25) is 0 Å². The van der Waals surface area contributed by atoms with E-state index in [1.54, 1.807) is 18.6 Å². The summed E-state index contributed by atoms with van der Waals surface area (Å²) in [5, 5.41) is 4.27. The average Bonchev–Trinajstić information content (AvgIpc) is 3.27.